The van der Waals surface area contributed by atoms with E-state index in [9.17, 15) is 9.59 Å². The van der Waals surface area contributed by atoms with Gasteiger partial charge in [-0.1, -0.05) is 30.3 Å². The van der Waals surface area contributed by atoms with Crippen molar-refractivity contribution in [1.29, 1.82) is 0 Å². The molecule has 29 heavy (non-hydrogen) atoms. The van der Waals surface area contributed by atoms with E-state index in [1.807, 2.05) is 38.1 Å². The average Bonchev–Trinajstić information content (AvgIpc) is 3.11. The molecule has 0 spiro atoms. The van der Waals surface area contributed by atoms with Crippen molar-refractivity contribution in [3.63, 3.8) is 0 Å². The van der Waals surface area contributed by atoms with Gasteiger partial charge in [-0.05, 0) is 37.1 Å². The van der Waals surface area contributed by atoms with E-state index in [1.54, 1.807) is 23.6 Å². The summed E-state index contributed by atoms with van der Waals surface area (Å²) in [5, 5.41) is 10.5. The number of amides is 3. The Morgan fingerprint density at radius 2 is 1.72 bits per heavy atom. The van der Waals surface area contributed by atoms with Gasteiger partial charge in [-0.2, -0.15) is 0 Å². The number of hydrogen-bond acceptors (Lipinski definition) is 5. The molecule has 3 amide bonds. The highest BCUT2D eigenvalue weighted by Gasteiger charge is 2.13. The van der Waals surface area contributed by atoms with Crippen molar-refractivity contribution in [2.45, 2.75) is 20.3 Å². The van der Waals surface area contributed by atoms with Gasteiger partial charge in [0.15, 0.2) is 5.13 Å². The highest BCUT2D eigenvalue weighted by Crippen LogP contribution is 2.24. The summed E-state index contributed by atoms with van der Waals surface area (Å²) in [5.74, 6) is 0.406. The molecule has 0 unspecified atom stereocenters. The number of carbonyl (C=O) groups excluding carboxylic acids is 2. The van der Waals surface area contributed by atoms with Crippen molar-refractivity contribution in [2.75, 3.05) is 23.1 Å². The number of nitrogens with zero attached hydrogens (tertiary/aromatic N) is 1. The molecule has 0 aliphatic carbocycles. The molecule has 3 aromatic rings. The Balaban J connectivity index is 1.57. The zero-order chi connectivity index (χ0) is 20.8. The maximum atomic E-state index is 12.4. The Labute approximate surface area is 173 Å². The molecule has 0 radical (unpaired) electrons. The van der Waals surface area contributed by atoms with Crippen LogP contribution >= 0.6 is 11.3 Å². The maximum Gasteiger partial charge on any atom is 0.325 e. The van der Waals surface area contributed by atoms with Gasteiger partial charge in [0, 0.05) is 11.1 Å². The molecule has 1 heterocycles. The van der Waals surface area contributed by atoms with Crippen molar-refractivity contribution in [3.8, 4) is 5.75 Å². The lowest BCUT2D eigenvalue weighted by atomic mass is 10.1. The number of ether oxygens (including phenoxy) is 1. The number of methoxy groups -OCH3 is 1. The standard InChI is InChI=1S/C21H22N4O3S/c1-13-7-6-8-14(2)19(13)24-18(26)11-15-12-29-21(22-15)25-20(27)23-16-9-4-5-10-17(16)28-3/h4-10,12H,11H2,1-3H3,(H,24,26)(H2,22,23,25,27). The number of rotatable bonds is 6. The highest BCUT2D eigenvalue weighted by atomic mass is 32.1. The molecule has 0 atom stereocenters. The first kappa shape index (κ1) is 20.3. The Morgan fingerprint density at radius 1 is 1.00 bits per heavy atom. The van der Waals surface area contributed by atoms with Gasteiger partial charge in [0.05, 0.1) is 24.9 Å². The number of carbonyl (C=O) groups is 2. The van der Waals surface area contributed by atoms with Gasteiger partial charge in [0.1, 0.15) is 5.75 Å². The second kappa shape index (κ2) is 9.20. The summed E-state index contributed by atoms with van der Waals surface area (Å²) in [7, 11) is 1.54. The smallest absolute Gasteiger partial charge is 0.325 e. The van der Waals surface area contributed by atoms with E-state index in [4.69, 9.17) is 4.74 Å². The van der Waals surface area contributed by atoms with E-state index >= 15 is 0 Å². The Hall–Kier alpha value is -3.39. The van der Waals surface area contributed by atoms with Crippen LogP contribution in [0.3, 0.4) is 0 Å². The van der Waals surface area contributed by atoms with Crippen LogP contribution in [-0.4, -0.2) is 24.0 Å². The van der Waals surface area contributed by atoms with Crippen molar-refractivity contribution >= 4 is 39.8 Å². The first-order valence-electron chi connectivity index (χ1n) is 8.97. The molecule has 3 N–H and O–H groups in total. The van der Waals surface area contributed by atoms with Crippen molar-refractivity contribution < 1.29 is 14.3 Å². The number of anilines is 3. The summed E-state index contributed by atoms with van der Waals surface area (Å²) < 4.78 is 5.21. The first-order chi connectivity index (χ1) is 14.0. The van der Waals surface area contributed by atoms with E-state index in [0.717, 1.165) is 16.8 Å². The van der Waals surface area contributed by atoms with Crippen LogP contribution in [0.1, 0.15) is 16.8 Å². The number of urea groups is 1. The largest absolute Gasteiger partial charge is 0.495 e. The minimum atomic E-state index is -0.435. The molecule has 0 saturated carbocycles. The number of hydrogen-bond donors (Lipinski definition) is 3. The van der Waals surface area contributed by atoms with Gasteiger partial charge in [0.25, 0.3) is 0 Å². The average molecular weight is 410 g/mol. The van der Waals surface area contributed by atoms with Gasteiger partial charge in [0.2, 0.25) is 5.91 Å². The third-order valence-electron chi connectivity index (χ3n) is 4.21. The molecule has 7 nitrogen and oxygen atoms in total. The molecule has 0 fully saturated rings. The van der Waals surface area contributed by atoms with E-state index in [1.165, 1.54) is 18.4 Å². The van der Waals surface area contributed by atoms with Crippen molar-refractivity contribution in [3.05, 3.63) is 64.7 Å². The van der Waals surface area contributed by atoms with Gasteiger partial charge < -0.3 is 15.4 Å². The molecule has 1 aromatic heterocycles. The lowest BCUT2D eigenvalue weighted by Gasteiger charge is -2.10. The van der Waals surface area contributed by atoms with Crippen LogP contribution in [0.5, 0.6) is 5.75 Å². The van der Waals surface area contributed by atoms with Gasteiger partial charge in [-0.25, -0.2) is 9.78 Å². The van der Waals surface area contributed by atoms with Crippen molar-refractivity contribution in [2.24, 2.45) is 0 Å². The fourth-order valence-electron chi connectivity index (χ4n) is 2.80. The van der Waals surface area contributed by atoms with Crippen molar-refractivity contribution in [1.82, 2.24) is 4.98 Å². The van der Waals surface area contributed by atoms with Crippen LogP contribution in [0.2, 0.25) is 0 Å². The Morgan fingerprint density at radius 3 is 2.45 bits per heavy atom. The van der Waals surface area contributed by atoms with E-state index in [0.29, 0.717) is 22.3 Å². The molecular formula is C21H22N4O3S. The zero-order valence-electron chi connectivity index (χ0n) is 16.4. The van der Waals surface area contributed by atoms with Gasteiger partial charge in [-0.15, -0.1) is 11.3 Å². The highest BCUT2D eigenvalue weighted by molar-refractivity contribution is 7.14. The molecule has 8 heteroatoms. The monoisotopic (exact) mass is 410 g/mol. The summed E-state index contributed by atoms with van der Waals surface area (Å²) in [6.45, 7) is 3.90. The third-order valence-corrected chi connectivity index (χ3v) is 5.02. The molecule has 0 aliphatic heterocycles. The number of aromatic nitrogens is 1. The fourth-order valence-corrected chi connectivity index (χ4v) is 3.51. The first-order valence-corrected chi connectivity index (χ1v) is 9.85. The van der Waals surface area contributed by atoms with Crippen LogP contribution in [0, 0.1) is 13.8 Å². The molecule has 0 bridgehead atoms. The summed E-state index contributed by atoms with van der Waals surface area (Å²) in [4.78, 5) is 28.9. The van der Waals surface area contributed by atoms with Crippen LogP contribution in [-0.2, 0) is 11.2 Å². The summed E-state index contributed by atoms with van der Waals surface area (Å²) in [6, 6.07) is 12.5. The molecule has 0 aliphatic rings. The number of benzene rings is 2. The number of nitrogens with one attached hydrogen (secondary N) is 3. The summed E-state index contributed by atoms with van der Waals surface area (Å²) in [6.07, 6.45) is 0.125. The molecule has 2 aromatic carbocycles. The van der Waals surface area contributed by atoms with Crippen LogP contribution in [0.4, 0.5) is 21.3 Å². The molecule has 150 valence electrons. The van der Waals surface area contributed by atoms with Crippen LogP contribution < -0.4 is 20.7 Å². The van der Waals surface area contributed by atoms with E-state index in [-0.39, 0.29) is 12.3 Å². The summed E-state index contributed by atoms with van der Waals surface area (Å²) in [5.41, 5.74) is 3.98. The van der Waals surface area contributed by atoms with E-state index < -0.39 is 6.03 Å². The Bertz CT molecular complexity index is 1010. The lowest BCUT2D eigenvalue weighted by molar-refractivity contribution is -0.115. The third kappa shape index (κ3) is 5.32. The maximum absolute atomic E-state index is 12.4. The zero-order valence-corrected chi connectivity index (χ0v) is 17.2. The number of thiazole rings is 1. The van der Waals surface area contributed by atoms with Crippen LogP contribution in [0.25, 0.3) is 0 Å². The molecule has 3 rings (SSSR count). The van der Waals surface area contributed by atoms with Crippen LogP contribution in [0.15, 0.2) is 47.8 Å². The predicted octanol–water partition coefficient (Wildman–Crippen LogP) is 4.59. The topological polar surface area (TPSA) is 92.3 Å². The predicted molar refractivity (Wildman–Crippen MR) is 116 cm³/mol. The SMILES string of the molecule is COc1ccccc1NC(=O)Nc1nc(CC(=O)Nc2c(C)cccc2C)cs1. The van der Waals surface area contributed by atoms with Gasteiger partial charge >= 0.3 is 6.03 Å². The summed E-state index contributed by atoms with van der Waals surface area (Å²) >= 11 is 1.26. The van der Waals surface area contributed by atoms with E-state index in [2.05, 4.69) is 20.9 Å². The normalized spacial score (nSPS) is 10.3. The minimum absolute atomic E-state index is 0.125. The molecular weight excluding hydrogens is 388 g/mol. The Kier molecular flexibility index (Phi) is 6.46. The second-order valence-corrected chi connectivity index (χ2v) is 7.27. The fraction of sp³-hybridized carbons (Fsp3) is 0.190. The number of aryl methyl sites for hydroxylation is 2. The molecule has 0 saturated heterocycles. The number of para-hydroxylation sites is 3. The van der Waals surface area contributed by atoms with Gasteiger partial charge in [-0.3, -0.25) is 10.1 Å². The quantitative estimate of drug-likeness (QED) is 0.554. The minimum Gasteiger partial charge on any atom is -0.495 e. The second-order valence-electron chi connectivity index (χ2n) is 6.42. The lowest BCUT2D eigenvalue weighted by Crippen LogP contribution is -2.20.